The zero-order valence-electron chi connectivity index (χ0n) is 14.5. The van der Waals surface area contributed by atoms with E-state index in [4.69, 9.17) is 16.3 Å². The number of hydrogen-bond donors (Lipinski definition) is 1. The second kappa shape index (κ2) is 7.17. The van der Waals surface area contributed by atoms with Gasteiger partial charge in [-0.05, 0) is 42.8 Å². The van der Waals surface area contributed by atoms with E-state index in [0.29, 0.717) is 0 Å². The molecule has 1 aliphatic heterocycles. The van der Waals surface area contributed by atoms with Crippen LogP contribution in [0.25, 0.3) is 0 Å². The Balaban J connectivity index is 2.05. The van der Waals surface area contributed by atoms with Crippen LogP contribution >= 0.6 is 11.6 Å². The summed E-state index contributed by atoms with van der Waals surface area (Å²) in [6.45, 7) is 9.89. The number of hydrogen-bond acceptors (Lipinski definition) is 4. The number of morpholine rings is 1. The number of benzene rings is 1. The van der Waals surface area contributed by atoms with Crippen molar-refractivity contribution in [3.63, 3.8) is 0 Å². The van der Waals surface area contributed by atoms with Crippen molar-refractivity contribution in [1.29, 1.82) is 0 Å². The van der Waals surface area contributed by atoms with Gasteiger partial charge in [-0.1, -0.05) is 30.7 Å². The largest absolute Gasteiger partial charge is 0.370 e. The van der Waals surface area contributed by atoms with Gasteiger partial charge in [0.15, 0.2) is 6.04 Å². The van der Waals surface area contributed by atoms with Crippen molar-refractivity contribution in [2.24, 2.45) is 0 Å². The summed E-state index contributed by atoms with van der Waals surface area (Å²) in [6.07, 6.45) is 0.955. The average molecular weight is 351 g/mol. The third-order valence-electron chi connectivity index (χ3n) is 4.94. The fourth-order valence-electron chi connectivity index (χ4n) is 3.10. The quantitative estimate of drug-likeness (QED) is 0.887. The van der Waals surface area contributed by atoms with Crippen LogP contribution in [0.2, 0.25) is 5.02 Å². The summed E-state index contributed by atoms with van der Waals surface area (Å²) >= 11 is 6.08. The van der Waals surface area contributed by atoms with E-state index in [1.807, 2.05) is 16.8 Å². The minimum absolute atomic E-state index is 0.0759. The molecule has 130 valence electrons. The van der Waals surface area contributed by atoms with E-state index >= 15 is 0 Å². The van der Waals surface area contributed by atoms with Gasteiger partial charge in [-0.3, -0.25) is 0 Å². The van der Waals surface area contributed by atoms with Gasteiger partial charge in [0.05, 0.1) is 18.8 Å². The molecular formula is C17H25ClN5O+. The molecule has 2 aromatic rings. The Kier molecular flexibility index (Phi) is 5.18. The maximum Gasteiger partial charge on any atom is 0.214 e. The first-order valence-corrected chi connectivity index (χ1v) is 8.87. The zero-order chi connectivity index (χ0) is 17.2. The van der Waals surface area contributed by atoms with Crippen molar-refractivity contribution in [3.8, 4) is 0 Å². The predicted molar refractivity (Wildman–Crippen MR) is 92.2 cm³/mol. The molecule has 3 rings (SSSR count). The number of halogens is 1. The highest BCUT2D eigenvalue weighted by Crippen LogP contribution is 2.25. The number of rotatable bonds is 5. The minimum atomic E-state index is -0.130. The lowest BCUT2D eigenvalue weighted by molar-refractivity contribution is -0.933. The second-order valence-corrected chi connectivity index (χ2v) is 7.31. The van der Waals surface area contributed by atoms with Gasteiger partial charge in [0, 0.05) is 10.6 Å². The van der Waals surface area contributed by atoms with Gasteiger partial charge in [0.25, 0.3) is 0 Å². The highest BCUT2D eigenvalue weighted by molar-refractivity contribution is 6.30. The SMILES string of the molecule is CCC(C)(C)n1nnnc1[C@@H](c1ccc(Cl)cc1)[NH+]1CCOCC1. The van der Waals surface area contributed by atoms with Gasteiger partial charge in [-0.15, -0.1) is 5.10 Å². The van der Waals surface area contributed by atoms with Crippen LogP contribution in [0, 0.1) is 0 Å². The van der Waals surface area contributed by atoms with Crippen molar-refractivity contribution in [2.75, 3.05) is 26.3 Å². The Morgan fingerprint density at radius 1 is 1.25 bits per heavy atom. The molecule has 0 radical (unpaired) electrons. The molecule has 0 aliphatic carbocycles. The van der Waals surface area contributed by atoms with Gasteiger partial charge in [-0.2, -0.15) is 0 Å². The van der Waals surface area contributed by atoms with Crippen LogP contribution in [0.15, 0.2) is 24.3 Å². The van der Waals surface area contributed by atoms with Crippen molar-refractivity contribution in [3.05, 3.63) is 40.7 Å². The molecule has 2 heterocycles. The maximum absolute atomic E-state index is 6.08. The van der Waals surface area contributed by atoms with Crippen molar-refractivity contribution in [2.45, 2.75) is 38.8 Å². The molecule has 1 N–H and O–H groups in total. The molecule has 1 aromatic carbocycles. The Labute approximate surface area is 147 Å². The van der Waals surface area contributed by atoms with Crippen molar-refractivity contribution in [1.82, 2.24) is 20.2 Å². The first kappa shape index (κ1) is 17.3. The molecule has 1 saturated heterocycles. The van der Waals surface area contributed by atoms with Crippen LogP contribution in [0.1, 0.15) is 44.6 Å². The molecule has 1 aliphatic rings. The average Bonchev–Trinajstić information content (AvgIpc) is 3.08. The second-order valence-electron chi connectivity index (χ2n) is 6.87. The monoisotopic (exact) mass is 350 g/mol. The summed E-state index contributed by atoms with van der Waals surface area (Å²) in [6, 6.07) is 8.10. The lowest BCUT2D eigenvalue weighted by Gasteiger charge is -2.33. The molecule has 0 unspecified atom stereocenters. The molecule has 0 amide bonds. The Morgan fingerprint density at radius 3 is 2.54 bits per heavy atom. The molecule has 1 fully saturated rings. The summed E-state index contributed by atoms with van der Waals surface area (Å²) in [5.41, 5.74) is 1.05. The van der Waals surface area contributed by atoms with Crippen LogP contribution in [0.4, 0.5) is 0 Å². The van der Waals surface area contributed by atoms with E-state index in [9.17, 15) is 0 Å². The third-order valence-corrected chi connectivity index (χ3v) is 5.19. The number of nitrogens with zero attached hydrogens (tertiary/aromatic N) is 4. The van der Waals surface area contributed by atoms with Gasteiger partial charge in [0.2, 0.25) is 5.82 Å². The summed E-state index contributed by atoms with van der Waals surface area (Å²) in [7, 11) is 0. The highest BCUT2D eigenvalue weighted by atomic mass is 35.5. The van der Waals surface area contributed by atoms with Crippen LogP contribution in [0.3, 0.4) is 0 Å². The van der Waals surface area contributed by atoms with E-state index in [1.165, 1.54) is 10.5 Å². The minimum Gasteiger partial charge on any atom is -0.370 e. The summed E-state index contributed by atoms with van der Waals surface area (Å²) in [5.74, 6) is 0.904. The Hall–Kier alpha value is -1.50. The molecule has 24 heavy (non-hydrogen) atoms. The lowest BCUT2D eigenvalue weighted by atomic mass is 9.99. The Morgan fingerprint density at radius 2 is 1.92 bits per heavy atom. The van der Waals surface area contributed by atoms with Gasteiger partial charge in [-0.25, -0.2) is 4.68 Å². The van der Waals surface area contributed by atoms with E-state index in [0.717, 1.165) is 43.6 Å². The number of aromatic nitrogens is 4. The number of quaternary nitrogens is 1. The first-order valence-electron chi connectivity index (χ1n) is 8.49. The fourth-order valence-corrected chi connectivity index (χ4v) is 3.23. The van der Waals surface area contributed by atoms with Crippen molar-refractivity contribution >= 4 is 11.6 Å². The van der Waals surface area contributed by atoms with E-state index < -0.39 is 0 Å². The molecule has 0 spiro atoms. The van der Waals surface area contributed by atoms with Crippen molar-refractivity contribution < 1.29 is 9.64 Å². The van der Waals surface area contributed by atoms with Crippen LogP contribution in [-0.4, -0.2) is 46.5 Å². The zero-order valence-corrected chi connectivity index (χ0v) is 15.3. The molecule has 7 heteroatoms. The molecule has 0 saturated carbocycles. The van der Waals surface area contributed by atoms with Crippen LogP contribution < -0.4 is 4.90 Å². The summed E-state index contributed by atoms with van der Waals surface area (Å²) in [4.78, 5) is 1.42. The van der Waals surface area contributed by atoms with E-state index in [1.54, 1.807) is 0 Å². The van der Waals surface area contributed by atoms with Gasteiger partial charge in [0.1, 0.15) is 13.1 Å². The maximum atomic E-state index is 6.08. The molecular weight excluding hydrogens is 326 g/mol. The van der Waals surface area contributed by atoms with Gasteiger partial charge < -0.3 is 9.64 Å². The molecule has 0 bridgehead atoms. The third kappa shape index (κ3) is 3.45. The Bertz CT molecular complexity index is 664. The topological polar surface area (TPSA) is 57.3 Å². The summed E-state index contributed by atoms with van der Waals surface area (Å²) < 4.78 is 7.52. The molecule has 1 aromatic heterocycles. The predicted octanol–water partition coefficient (Wildman–Crippen LogP) is 1.48. The van der Waals surface area contributed by atoms with Gasteiger partial charge >= 0.3 is 0 Å². The van der Waals surface area contributed by atoms with Crippen LogP contribution in [0.5, 0.6) is 0 Å². The number of ether oxygens (including phenoxy) is 1. The lowest BCUT2D eigenvalue weighted by Crippen LogP contribution is -3.14. The first-order chi connectivity index (χ1) is 11.5. The molecule has 6 nitrogen and oxygen atoms in total. The number of tetrazole rings is 1. The van der Waals surface area contributed by atoms with E-state index in [2.05, 4.69) is 48.4 Å². The van der Waals surface area contributed by atoms with E-state index in [-0.39, 0.29) is 11.6 Å². The standard InChI is InChI=1S/C17H24ClN5O/c1-4-17(2,3)23-16(19-20-21-23)15(22-9-11-24-12-10-22)13-5-7-14(18)8-6-13/h5-8,15H,4,9-12H2,1-3H3/p+1/t15-/m1/s1. The number of nitrogens with one attached hydrogen (secondary N) is 1. The summed E-state index contributed by atoms with van der Waals surface area (Å²) in [5, 5.41) is 13.4. The normalized spacial score (nSPS) is 17.8. The smallest absolute Gasteiger partial charge is 0.214 e. The highest BCUT2D eigenvalue weighted by Gasteiger charge is 2.36. The molecule has 1 atom stereocenters. The fraction of sp³-hybridized carbons (Fsp3) is 0.588. The van der Waals surface area contributed by atoms with Crippen LogP contribution in [-0.2, 0) is 10.3 Å².